The van der Waals surface area contributed by atoms with E-state index in [2.05, 4.69) is 15.5 Å². The van der Waals surface area contributed by atoms with Crippen molar-refractivity contribution in [3.05, 3.63) is 59.4 Å². The number of nitrogens with zero attached hydrogens (tertiary/aromatic N) is 2. The highest BCUT2D eigenvalue weighted by atomic mass is 32.2. The highest BCUT2D eigenvalue weighted by molar-refractivity contribution is 8.15. The lowest BCUT2D eigenvalue weighted by atomic mass is 10.2. The van der Waals surface area contributed by atoms with Gasteiger partial charge in [0.2, 0.25) is 5.91 Å². The Bertz CT molecular complexity index is 1030. The second-order valence-electron chi connectivity index (χ2n) is 6.40. The maximum absolute atomic E-state index is 13.3. The van der Waals surface area contributed by atoms with Crippen molar-refractivity contribution >= 4 is 35.0 Å². The predicted octanol–water partition coefficient (Wildman–Crippen LogP) is 3.20. The highest BCUT2D eigenvalue weighted by Crippen LogP contribution is 2.29. The number of carbonyl (C=O) groups is 2. The number of nitrogens with one attached hydrogen (secondary N) is 1. The molecule has 0 spiro atoms. The second-order valence-corrected chi connectivity index (χ2v) is 7.59. The third-order valence-electron chi connectivity index (χ3n) is 4.04. The number of ether oxygens (including phenoxy) is 2. The maximum Gasteiger partial charge on any atom is 0.305 e. The summed E-state index contributed by atoms with van der Waals surface area (Å²) in [5.74, 6) is -0.782. The monoisotopic (exact) mass is 445 g/mol. The predicted molar refractivity (Wildman–Crippen MR) is 115 cm³/mol. The molecule has 0 bridgehead atoms. The molecule has 0 saturated carbocycles. The Kier molecular flexibility index (Phi) is 7.60. The van der Waals surface area contributed by atoms with Gasteiger partial charge < -0.3 is 19.9 Å². The minimum Gasteiger partial charge on any atom is -0.490 e. The van der Waals surface area contributed by atoms with Crippen LogP contribution in [0.4, 0.5) is 4.39 Å². The zero-order valence-electron chi connectivity index (χ0n) is 16.6. The molecule has 3 rings (SSSR count). The number of rotatable bonds is 9. The molecule has 2 aromatic carbocycles. The number of hydrogen-bond acceptors (Lipinski definition) is 7. The molecule has 1 aliphatic heterocycles. The lowest BCUT2D eigenvalue weighted by Gasteiger charge is -2.12. The molecule has 1 aliphatic rings. The van der Waals surface area contributed by atoms with Crippen molar-refractivity contribution in [1.82, 2.24) is 5.32 Å². The van der Waals surface area contributed by atoms with Crippen LogP contribution < -0.4 is 14.8 Å². The molecule has 1 atom stereocenters. The van der Waals surface area contributed by atoms with Gasteiger partial charge in [0.1, 0.15) is 17.7 Å². The number of carboxylic acids is 1. The molecule has 1 heterocycles. The third-order valence-corrected chi connectivity index (χ3v) is 5.12. The van der Waals surface area contributed by atoms with Crippen molar-refractivity contribution < 1.29 is 28.6 Å². The SMILES string of the molecule is CCOc1cc(C=NN=C2NC(=O)C(CC(=O)O)S2)ccc1OCc1cccc(F)c1. The van der Waals surface area contributed by atoms with Crippen LogP contribution in [0.15, 0.2) is 52.7 Å². The summed E-state index contributed by atoms with van der Waals surface area (Å²) in [4.78, 5) is 22.5. The maximum atomic E-state index is 13.3. The number of halogens is 1. The number of carboxylic acid groups (broad SMARTS) is 1. The van der Waals surface area contributed by atoms with Crippen molar-refractivity contribution in [2.45, 2.75) is 25.2 Å². The van der Waals surface area contributed by atoms with Crippen LogP contribution in [0.25, 0.3) is 0 Å². The van der Waals surface area contributed by atoms with Gasteiger partial charge in [-0.25, -0.2) is 4.39 Å². The van der Waals surface area contributed by atoms with Crippen LogP contribution in [0.1, 0.15) is 24.5 Å². The number of benzene rings is 2. The Labute approximate surface area is 182 Å². The summed E-state index contributed by atoms with van der Waals surface area (Å²) < 4.78 is 24.7. The molecule has 0 aliphatic carbocycles. The van der Waals surface area contributed by atoms with E-state index in [9.17, 15) is 14.0 Å². The van der Waals surface area contributed by atoms with E-state index in [0.717, 1.165) is 11.8 Å². The van der Waals surface area contributed by atoms with Gasteiger partial charge >= 0.3 is 5.97 Å². The molecule has 0 aromatic heterocycles. The van der Waals surface area contributed by atoms with Crippen LogP contribution in [0, 0.1) is 5.82 Å². The molecule has 2 N–H and O–H groups in total. The normalized spacial score (nSPS) is 17.2. The van der Waals surface area contributed by atoms with Crippen molar-refractivity contribution in [2.24, 2.45) is 10.2 Å². The Morgan fingerprint density at radius 3 is 2.84 bits per heavy atom. The van der Waals surface area contributed by atoms with Gasteiger partial charge in [-0.3, -0.25) is 9.59 Å². The molecule has 2 aromatic rings. The van der Waals surface area contributed by atoms with Gasteiger partial charge in [-0.1, -0.05) is 23.9 Å². The van der Waals surface area contributed by atoms with Crippen LogP contribution >= 0.6 is 11.8 Å². The lowest BCUT2D eigenvalue weighted by Crippen LogP contribution is -2.26. The lowest BCUT2D eigenvalue weighted by molar-refractivity contribution is -0.138. The fourth-order valence-electron chi connectivity index (χ4n) is 2.67. The molecule has 10 heteroatoms. The Balaban J connectivity index is 1.66. The zero-order valence-corrected chi connectivity index (χ0v) is 17.4. The molecular weight excluding hydrogens is 425 g/mol. The van der Waals surface area contributed by atoms with Gasteiger partial charge in [0, 0.05) is 0 Å². The number of carbonyl (C=O) groups excluding carboxylic acids is 1. The van der Waals surface area contributed by atoms with Gasteiger partial charge in [0.25, 0.3) is 0 Å². The van der Waals surface area contributed by atoms with Gasteiger partial charge in [-0.05, 0) is 48.4 Å². The molecule has 1 saturated heterocycles. The molecule has 8 nitrogen and oxygen atoms in total. The molecule has 1 fully saturated rings. The summed E-state index contributed by atoms with van der Waals surface area (Å²) in [6.45, 7) is 2.46. The molecule has 1 unspecified atom stereocenters. The Morgan fingerprint density at radius 1 is 1.26 bits per heavy atom. The molecule has 0 radical (unpaired) electrons. The smallest absolute Gasteiger partial charge is 0.305 e. The Morgan fingerprint density at radius 2 is 2.10 bits per heavy atom. The van der Waals surface area contributed by atoms with Crippen LogP contribution in [0.3, 0.4) is 0 Å². The van der Waals surface area contributed by atoms with E-state index in [4.69, 9.17) is 14.6 Å². The summed E-state index contributed by atoms with van der Waals surface area (Å²) in [6.07, 6.45) is 1.19. The number of thioether (sulfide) groups is 1. The van der Waals surface area contributed by atoms with Gasteiger partial charge in [0.05, 0.1) is 19.2 Å². The second kappa shape index (κ2) is 10.6. The average molecular weight is 445 g/mol. The van der Waals surface area contributed by atoms with Crippen LogP contribution in [-0.4, -0.2) is 40.2 Å². The molecule has 162 valence electrons. The third kappa shape index (κ3) is 6.54. The fraction of sp³-hybridized carbons (Fsp3) is 0.238. The van der Waals surface area contributed by atoms with Crippen molar-refractivity contribution in [3.63, 3.8) is 0 Å². The fourth-order valence-corrected chi connectivity index (χ4v) is 3.59. The van der Waals surface area contributed by atoms with Gasteiger partial charge in [0.15, 0.2) is 16.7 Å². The molecular formula is C21H20FN3O5S. The van der Waals surface area contributed by atoms with Crippen LogP contribution in [0.5, 0.6) is 11.5 Å². The first-order valence-corrected chi connectivity index (χ1v) is 10.3. The van der Waals surface area contributed by atoms with Gasteiger partial charge in [-0.2, -0.15) is 5.10 Å². The van der Waals surface area contributed by atoms with Crippen molar-refractivity contribution in [3.8, 4) is 11.5 Å². The molecule has 1 amide bonds. The summed E-state index contributed by atoms with van der Waals surface area (Å²) >= 11 is 1.02. The summed E-state index contributed by atoms with van der Waals surface area (Å²) in [6, 6.07) is 11.4. The standard InChI is InChI=1S/C21H20FN3O5S/c1-2-29-17-9-13(6-7-16(17)30-12-14-4-3-5-15(22)8-14)11-23-25-21-24-20(28)18(31-21)10-19(26)27/h3-9,11,18H,2,10,12H2,1H3,(H,26,27)(H,24,25,28). The highest BCUT2D eigenvalue weighted by Gasteiger charge is 2.32. The van der Waals surface area contributed by atoms with Gasteiger partial charge in [-0.15, -0.1) is 5.10 Å². The first-order chi connectivity index (χ1) is 14.9. The minimum absolute atomic E-state index is 0.188. The summed E-state index contributed by atoms with van der Waals surface area (Å²) in [5, 5.41) is 18.7. The van der Waals surface area contributed by atoms with E-state index < -0.39 is 17.1 Å². The van der Waals surface area contributed by atoms with E-state index in [-0.39, 0.29) is 24.0 Å². The first-order valence-electron chi connectivity index (χ1n) is 9.39. The van der Waals surface area contributed by atoms with E-state index in [1.807, 2.05) is 6.92 Å². The minimum atomic E-state index is -1.06. The number of amides is 1. The first kappa shape index (κ1) is 22.3. The summed E-state index contributed by atoms with van der Waals surface area (Å²) in [5.41, 5.74) is 1.38. The summed E-state index contributed by atoms with van der Waals surface area (Å²) in [7, 11) is 0. The Hall–Kier alpha value is -3.40. The molecule has 31 heavy (non-hydrogen) atoms. The largest absolute Gasteiger partial charge is 0.490 e. The zero-order chi connectivity index (χ0) is 22.2. The number of aliphatic carboxylic acids is 1. The quantitative estimate of drug-likeness (QED) is 0.453. The van der Waals surface area contributed by atoms with E-state index >= 15 is 0 Å². The van der Waals surface area contributed by atoms with E-state index in [0.29, 0.717) is 29.2 Å². The topological polar surface area (TPSA) is 110 Å². The van der Waals surface area contributed by atoms with Crippen LogP contribution in [-0.2, 0) is 16.2 Å². The van der Waals surface area contributed by atoms with Crippen molar-refractivity contribution in [2.75, 3.05) is 6.61 Å². The van der Waals surface area contributed by atoms with Crippen LogP contribution in [0.2, 0.25) is 0 Å². The van der Waals surface area contributed by atoms with Crippen molar-refractivity contribution in [1.29, 1.82) is 0 Å². The van der Waals surface area contributed by atoms with E-state index in [1.54, 1.807) is 30.3 Å². The van der Waals surface area contributed by atoms with E-state index in [1.165, 1.54) is 18.3 Å². The average Bonchev–Trinajstić information content (AvgIpc) is 3.06. The number of amidine groups is 1. The number of hydrogen-bond donors (Lipinski definition) is 2.